The van der Waals surface area contributed by atoms with Gasteiger partial charge in [-0.05, 0) is 73.5 Å². The Morgan fingerprint density at radius 3 is 1.99 bits per heavy atom. The van der Waals surface area contributed by atoms with Gasteiger partial charge in [-0.1, -0.05) is 56.1 Å². The van der Waals surface area contributed by atoms with Crippen molar-refractivity contribution in [1.29, 1.82) is 0 Å². The maximum absolute atomic E-state index is 14.7. The number of nitrogens with zero attached hydrogens (tertiary/aromatic N) is 9. The number of hydrogen-bond donors (Lipinski definition) is 17. The van der Waals surface area contributed by atoms with Crippen LogP contribution in [-0.4, -0.2) is 255 Å². The normalized spacial score (nSPS) is 23.5. The minimum absolute atomic E-state index is 0.0556. The van der Waals surface area contributed by atoms with Crippen molar-refractivity contribution in [1.82, 2.24) is 71.1 Å². The first-order chi connectivity index (χ1) is 52.5. The predicted octanol–water partition coefficient (Wildman–Crippen LogP) is -3.17. The molecule has 598 valence electrons. The average Bonchev–Trinajstić information content (AvgIpc) is 1.67. The molecular formula is C69H83F2N15O24S. The summed E-state index contributed by atoms with van der Waals surface area (Å²) in [5.41, 5.74) is 4.42. The Balaban J connectivity index is 0.000000546. The van der Waals surface area contributed by atoms with E-state index >= 15 is 0 Å². The van der Waals surface area contributed by atoms with E-state index in [2.05, 4.69) is 52.4 Å². The third-order valence-electron chi connectivity index (χ3n) is 18.4. The van der Waals surface area contributed by atoms with E-state index < -0.39 is 215 Å². The minimum Gasteiger partial charge on any atom is -0.504 e. The highest BCUT2D eigenvalue weighted by atomic mass is 32.3. The molecule has 3 aliphatic rings. The van der Waals surface area contributed by atoms with Crippen molar-refractivity contribution in [3.05, 3.63) is 145 Å². The number of aromatic nitrogens is 7. The third kappa shape index (κ3) is 21.3. The van der Waals surface area contributed by atoms with Gasteiger partial charge in [-0.2, -0.15) is 18.6 Å². The number of hydrogen-bond acceptors (Lipinski definition) is 28. The second-order valence-electron chi connectivity index (χ2n) is 26.8. The zero-order valence-electron chi connectivity index (χ0n) is 59.4. The summed E-state index contributed by atoms with van der Waals surface area (Å²) in [6.45, 7) is 3.59. The molecule has 8 amide bonds. The number of rotatable bonds is 23. The predicted molar refractivity (Wildman–Crippen MR) is 374 cm³/mol. The van der Waals surface area contributed by atoms with Gasteiger partial charge < -0.3 is 107 Å². The first-order valence-corrected chi connectivity index (χ1v) is 35.9. The van der Waals surface area contributed by atoms with Gasteiger partial charge in [0, 0.05) is 66.2 Å². The second-order valence-corrected chi connectivity index (χ2v) is 27.8. The monoisotopic (exact) mass is 1580 g/mol. The van der Waals surface area contributed by atoms with E-state index in [1.165, 1.54) is 71.9 Å². The summed E-state index contributed by atoms with van der Waals surface area (Å²) in [4.78, 5) is 122. The van der Waals surface area contributed by atoms with Crippen LogP contribution in [0.2, 0.25) is 0 Å². The molecule has 0 unspecified atom stereocenters. The standard InChI is InChI=1S/C56H71N9O23S.C13H12F2N6O/c1-4-5-6-17-86-32-14-11-28(12-15-32)39-21-33(63-87-39)27-7-9-29(10-8-27)49(75)58-34-20-38(70)52(78)62-54(80)45-46(72)25(2)23-65(45)56(82)43(37(69)22-41(57)71)60-53(79)44(48(74)47(73)30-13-16-36(68)40(18-30)88-89(83,84)85)61-51(77)35-19-31(67)24-64(35)55(81)42(26(3)66)59-50(34)76;14-10-1-2-11(12(15)3-10)13(22,4-20-8-16-6-18-20)5-21-9-17-7-19-21/h7-16,18,21,25-26,31,34-35,37-38,42-48,52,66-70,72-74,78H,4-6,17,19-20,22-24H2,1-3H3,(H2,57,71)(H,58,75)(H,59,76)(H,60,79)(H,61,77)(H,62,80)(H,83,84,85);1-3,6-9,22H,4-5H2/t25-,26+,31+,34-,35-,37+,38+,42-,43-,44-,45-,46-,47-,48-,52+;/m0./s1. The van der Waals surface area contributed by atoms with E-state index in [1.54, 1.807) is 30.3 Å². The summed E-state index contributed by atoms with van der Waals surface area (Å²) in [6.07, 6.45) is -11.9. The van der Waals surface area contributed by atoms with Crippen molar-refractivity contribution >= 4 is 57.7 Å². The third-order valence-corrected chi connectivity index (χ3v) is 18.8. The van der Waals surface area contributed by atoms with Gasteiger partial charge in [-0.15, -0.1) is 0 Å². The molecule has 6 heterocycles. The van der Waals surface area contributed by atoms with Crippen LogP contribution in [0.1, 0.15) is 86.9 Å². The van der Waals surface area contributed by atoms with Crippen LogP contribution in [0.5, 0.6) is 17.2 Å². The van der Waals surface area contributed by atoms with Crippen LogP contribution >= 0.6 is 0 Å². The molecule has 7 aromatic rings. The number of fused-ring (bicyclic) bond motifs is 2. The number of aliphatic hydroxyl groups is 9. The molecule has 0 spiro atoms. The molecule has 3 aliphatic heterocycles. The van der Waals surface area contributed by atoms with Crippen LogP contribution in [0.4, 0.5) is 8.78 Å². The average molecular weight is 1580 g/mol. The molecule has 0 aliphatic carbocycles. The lowest BCUT2D eigenvalue weighted by molar-refractivity contribution is -0.149. The summed E-state index contributed by atoms with van der Waals surface area (Å²) in [7, 11) is -5.35. The largest absolute Gasteiger partial charge is 0.504 e. The van der Waals surface area contributed by atoms with Crippen molar-refractivity contribution in [3.8, 4) is 39.8 Å². The van der Waals surface area contributed by atoms with Gasteiger partial charge in [0.25, 0.3) is 5.91 Å². The van der Waals surface area contributed by atoms with E-state index in [0.717, 1.165) is 44.4 Å². The topological polar surface area (TPSA) is 592 Å². The molecule has 4 aromatic carbocycles. The molecule has 3 fully saturated rings. The second kappa shape index (κ2) is 36.6. The van der Waals surface area contributed by atoms with Crippen molar-refractivity contribution in [2.24, 2.45) is 11.7 Å². The quantitative estimate of drug-likeness (QED) is 0.0222. The Morgan fingerprint density at radius 2 is 1.39 bits per heavy atom. The van der Waals surface area contributed by atoms with E-state index in [1.807, 2.05) is 10.6 Å². The fraction of sp³-hybridized carbons (Fsp3) is 0.435. The van der Waals surface area contributed by atoms with Gasteiger partial charge in [-0.3, -0.25) is 42.9 Å². The molecular weight excluding hydrogens is 1490 g/mol. The highest BCUT2D eigenvalue weighted by Crippen LogP contribution is 2.35. The molecule has 0 saturated carbocycles. The first kappa shape index (κ1) is 84.0. The summed E-state index contributed by atoms with van der Waals surface area (Å²) < 4.78 is 78.1. The fourth-order valence-electron chi connectivity index (χ4n) is 12.6. The highest BCUT2D eigenvalue weighted by Gasteiger charge is 2.51. The Labute approximate surface area is 629 Å². The zero-order valence-corrected chi connectivity index (χ0v) is 60.2. The van der Waals surface area contributed by atoms with Crippen LogP contribution in [0.15, 0.2) is 121 Å². The van der Waals surface area contributed by atoms with E-state index in [0.29, 0.717) is 56.9 Å². The molecule has 10 rings (SSSR count). The SMILES string of the molecule is CCCCCOc1ccc(-c2cc(-c3ccc(C(=O)N[C@H]4C[C@@H](O)[C@@H](O)NC(=O)[C@@H]5[C@@H](O)[C@@H](C)CN5C(=O)[C@H]([C@H](O)CC(N)=O)NC(=O)[C@H]([C@H](O)[C@@H](O)c5ccc(O)c(OS(=O)(=O)O)c5)NC(=O)[C@@H]5C[C@@H](O)CN5C(=O)[C@H]([C@@H](C)O)NC4=O)cc3)no2)cc1.OC(Cn1cncn1)(Cn1cncn1)c1ccc(F)cc1F. The fourth-order valence-corrected chi connectivity index (χ4v) is 13.0. The van der Waals surface area contributed by atoms with Crippen molar-refractivity contribution in [2.75, 3.05) is 19.7 Å². The Kier molecular flexibility index (Phi) is 27.7. The van der Waals surface area contributed by atoms with Gasteiger partial charge in [0.05, 0.1) is 50.5 Å². The van der Waals surface area contributed by atoms with Crippen LogP contribution in [0.25, 0.3) is 22.6 Å². The first-order valence-electron chi connectivity index (χ1n) is 34.5. The number of phenolic OH excluding ortho intramolecular Hbond substituents is 1. The number of amides is 8. The molecule has 39 nitrogen and oxygen atoms in total. The number of carbonyl (C=O) groups excluding carboxylic acids is 8. The molecule has 15 atom stereocenters. The molecule has 3 aromatic heterocycles. The van der Waals surface area contributed by atoms with Gasteiger partial charge in [0.15, 0.2) is 23.5 Å². The number of primary amides is 1. The van der Waals surface area contributed by atoms with Crippen LogP contribution < -0.4 is 41.2 Å². The Morgan fingerprint density at radius 1 is 0.757 bits per heavy atom. The molecule has 111 heavy (non-hydrogen) atoms. The van der Waals surface area contributed by atoms with Gasteiger partial charge >= 0.3 is 10.4 Å². The van der Waals surface area contributed by atoms with E-state index in [4.69, 9.17) is 15.0 Å². The van der Waals surface area contributed by atoms with E-state index in [9.17, 15) is 111 Å². The maximum atomic E-state index is 14.7. The van der Waals surface area contributed by atoms with Gasteiger partial charge in [-0.25, -0.2) is 28.1 Å². The molecule has 42 heteroatoms. The molecule has 0 radical (unpaired) electrons. The minimum atomic E-state index is -5.35. The molecule has 0 bridgehead atoms. The molecule has 3 saturated heterocycles. The maximum Gasteiger partial charge on any atom is 0.446 e. The van der Waals surface area contributed by atoms with E-state index in [-0.39, 0.29) is 24.2 Å². The summed E-state index contributed by atoms with van der Waals surface area (Å²) in [5, 5.41) is 135. The number of benzene rings is 4. The van der Waals surface area contributed by atoms with Gasteiger partial charge in [0.2, 0.25) is 41.4 Å². The summed E-state index contributed by atoms with van der Waals surface area (Å²) in [6, 6.07) is 6.54. The Bertz CT molecular complexity index is 4490. The van der Waals surface area contributed by atoms with Crippen LogP contribution in [-0.2, 0) is 62.7 Å². The number of halogens is 2. The number of phenols is 1. The number of aliphatic hydroxyl groups excluding tert-OH is 8. The van der Waals surface area contributed by atoms with Crippen molar-refractivity contribution < 1.29 is 125 Å². The van der Waals surface area contributed by atoms with Crippen molar-refractivity contribution in [2.45, 2.75) is 163 Å². The lowest BCUT2D eigenvalue weighted by atomic mass is 9.93. The Hall–Kier alpha value is -11.1. The number of unbranched alkanes of at least 4 members (excludes halogenated alkanes) is 2. The number of aromatic hydroxyl groups is 1. The van der Waals surface area contributed by atoms with Crippen LogP contribution in [0, 0.1) is 17.6 Å². The van der Waals surface area contributed by atoms with Crippen LogP contribution in [0.3, 0.4) is 0 Å². The number of ether oxygens (including phenoxy) is 1. The molecule has 18 N–H and O–H groups in total. The number of nitrogens with two attached hydrogens (primary N) is 1. The summed E-state index contributed by atoms with van der Waals surface area (Å²) >= 11 is 0. The zero-order chi connectivity index (χ0) is 80.9. The highest BCUT2D eigenvalue weighted by molar-refractivity contribution is 7.81. The van der Waals surface area contributed by atoms with Gasteiger partial charge in [0.1, 0.15) is 109 Å². The smallest absolute Gasteiger partial charge is 0.446 e. The summed E-state index contributed by atoms with van der Waals surface area (Å²) in [5.74, 6) is -14.4. The number of nitrogens with one attached hydrogen (secondary N) is 5. The lowest BCUT2D eigenvalue weighted by Crippen LogP contribution is -2.64. The number of carbonyl (C=O) groups is 8. The lowest BCUT2D eigenvalue weighted by Gasteiger charge is -2.34. The van der Waals surface area contributed by atoms with Crippen molar-refractivity contribution in [3.63, 3.8) is 0 Å².